The highest BCUT2D eigenvalue weighted by Gasteiger charge is 1.99. The van der Waals surface area contributed by atoms with Crippen LogP contribution in [0.3, 0.4) is 0 Å². The number of halogens is 1. The number of anilines is 1. The third kappa shape index (κ3) is 3.22. The van der Waals surface area contributed by atoms with Crippen molar-refractivity contribution in [3.05, 3.63) is 27.3 Å². The van der Waals surface area contributed by atoms with Crippen LogP contribution in [0.25, 0.3) is 0 Å². The minimum Gasteiger partial charge on any atom is -0.385 e. The van der Waals surface area contributed by atoms with Crippen molar-refractivity contribution in [2.75, 3.05) is 11.9 Å². The van der Waals surface area contributed by atoms with Gasteiger partial charge in [-0.2, -0.15) is 0 Å². The first kappa shape index (κ1) is 11.4. The maximum Gasteiger partial charge on any atom is 0.0380 e. The average Bonchev–Trinajstić information content (AvgIpc) is 2.19. The first-order valence-corrected chi connectivity index (χ1v) is 5.76. The van der Waals surface area contributed by atoms with Gasteiger partial charge in [-0.05, 0) is 53.6 Å². The van der Waals surface area contributed by atoms with Crippen molar-refractivity contribution in [2.24, 2.45) is 0 Å². The summed E-state index contributed by atoms with van der Waals surface area (Å²) in [6.07, 6.45) is 7.06. The van der Waals surface area contributed by atoms with E-state index in [0.717, 1.165) is 19.4 Å². The number of unbranched alkanes of at least 4 members (excludes halogenated alkanes) is 1. The molecule has 74 valence electrons. The molecule has 0 atom stereocenters. The lowest BCUT2D eigenvalue weighted by Gasteiger charge is -2.09. The van der Waals surface area contributed by atoms with Crippen LogP contribution in [0.5, 0.6) is 0 Å². The highest BCUT2D eigenvalue weighted by atomic mass is 127. The summed E-state index contributed by atoms with van der Waals surface area (Å²) in [4.78, 5) is 0. The fourth-order valence-corrected chi connectivity index (χ4v) is 1.71. The summed E-state index contributed by atoms with van der Waals surface area (Å²) in [5, 5.41) is 3.39. The van der Waals surface area contributed by atoms with E-state index in [1.165, 1.54) is 14.8 Å². The van der Waals surface area contributed by atoms with E-state index in [4.69, 9.17) is 6.42 Å². The molecule has 0 spiro atoms. The SMILES string of the molecule is C#CCCCNc1cccc(I)c1C. The molecule has 0 saturated heterocycles. The van der Waals surface area contributed by atoms with Crippen molar-refractivity contribution in [1.29, 1.82) is 0 Å². The predicted molar refractivity (Wildman–Crippen MR) is 70.5 cm³/mol. The molecule has 0 aliphatic carbocycles. The molecule has 14 heavy (non-hydrogen) atoms. The molecule has 0 aromatic heterocycles. The number of hydrogen-bond acceptors (Lipinski definition) is 1. The van der Waals surface area contributed by atoms with Gasteiger partial charge >= 0.3 is 0 Å². The Morgan fingerprint density at radius 2 is 2.29 bits per heavy atom. The van der Waals surface area contributed by atoms with Crippen LogP contribution in [0.1, 0.15) is 18.4 Å². The van der Waals surface area contributed by atoms with E-state index < -0.39 is 0 Å². The lowest BCUT2D eigenvalue weighted by Crippen LogP contribution is -2.03. The van der Waals surface area contributed by atoms with Crippen molar-refractivity contribution in [3.8, 4) is 12.3 Å². The third-order valence-electron chi connectivity index (χ3n) is 2.08. The largest absolute Gasteiger partial charge is 0.385 e. The molecule has 0 fully saturated rings. The van der Waals surface area contributed by atoms with E-state index in [1.807, 2.05) is 0 Å². The number of rotatable bonds is 4. The fraction of sp³-hybridized carbons (Fsp3) is 0.333. The lowest BCUT2D eigenvalue weighted by molar-refractivity contribution is 0.906. The lowest BCUT2D eigenvalue weighted by atomic mass is 10.2. The van der Waals surface area contributed by atoms with Crippen LogP contribution >= 0.6 is 22.6 Å². The van der Waals surface area contributed by atoms with E-state index in [-0.39, 0.29) is 0 Å². The highest BCUT2D eigenvalue weighted by molar-refractivity contribution is 14.1. The van der Waals surface area contributed by atoms with Gasteiger partial charge in [-0.1, -0.05) is 6.07 Å². The predicted octanol–water partition coefficient (Wildman–Crippen LogP) is 3.42. The summed E-state index contributed by atoms with van der Waals surface area (Å²) in [5.41, 5.74) is 2.53. The van der Waals surface area contributed by atoms with Gasteiger partial charge in [-0.15, -0.1) is 12.3 Å². The van der Waals surface area contributed by atoms with Crippen molar-refractivity contribution in [3.63, 3.8) is 0 Å². The Morgan fingerprint density at radius 3 is 3.00 bits per heavy atom. The van der Waals surface area contributed by atoms with E-state index in [2.05, 4.69) is 59.0 Å². The van der Waals surface area contributed by atoms with Gasteiger partial charge in [0.05, 0.1) is 0 Å². The van der Waals surface area contributed by atoms with Gasteiger partial charge in [0.1, 0.15) is 0 Å². The minimum atomic E-state index is 0.843. The molecule has 0 amide bonds. The van der Waals surface area contributed by atoms with Crippen LogP contribution in [-0.2, 0) is 0 Å². The number of benzene rings is 1. The zero-order valence-corrected chi connectivity index (χ0v) is 10.5. The quantitative estimate of drug-likeness (QED) is 0.510. The molecule has 0 aliphatic heterocycles. The van der Waals surface area contributed by atoms with Gasteiger partial charge in [0.25, 0.3) is 0 Å². The summed E-state index contributed by atoms with van der Waals surface area (Å²) >= 11 is 2.35. The molecule has 0 aliphatic rings. The molecule has 0 saturated carbocycles. The number of terminal acetylenes is 1. The van der Waals surface area contributed by atoms with Gasteiger partial charge in [0.15, 0.2) is 0 Å². The van der Waals surface area contributed by atoms with Crippen LogP contribution in [-0.4, -0.2) is 6.54 Å². The van der Waals surface area contributed by atoms with E-state index >= 15 is 0 Å². The summed E-state index contributed by atoms with van der Waals surface area (Å²) in [6, 6.07) is 6.29. The maximum atomic E-state index is 5.18. The van der Waals surface area contributed by atoms with Crippen LogP contribution in [0.2, 0.25) is 0 Å². The van der Waals surface area contributed by atoms with E-state index in [1.54, 1.807) is 0 Å². The first-order chi connectivity index (χ1) is 6.75. The molecule has 1 aromatic carbocycles. The van der Waals surface area contributed by atoms with Crippen molar-refractivity contribution in [2.45, 2.75) is 19.8 Å². The number of hydrogen-bond donors (Lipinski definition) is 1. The average molecular weight is 299 g/mol. The summed E-state index contributed by atoms with van der Waals surface area (Å²) in [5.74, 6) is 2.64. The van der Waals surface area contributed by atoms with Crippen LogP contribution in [0.15, 0.2) is 18.2 Å². The molecule has 2 heteroatoms. The van der Waals surface area contributed by atoms with E-state index in [0.29, 0.717) is 0 Å². The Labute approximate surface area is 99.4 Å². The molecule has 1 aromatic rings. The standard InChI is InChI=1S/C12H14IN/c1-3-4-5-9-14-12-8-6-7-11(13)10(12)2/h1,6-8,14H,4-5,9H2,2H3. The highest BCUT2D eigenvalue weighted by Crippen LogP contribution is 2.20. The van der Waals surface area contributed by atoms with Crippen LogP contribution < -0.4 is 5.32 Å². The van der Waals surface area contributed by atoms with Crippen molar-refractivity contribution < 1.29 is 0 Å². The Balaban J connectivity index is 2.51. The smallest absolute Gasteiger partial charge is 0.0380 e. The Kier molecular flexibility index (Phi) is 4.81. The Hall–Kier alpha value is -0.690. The Bertz CT molecular complexity index is 339. The zero-order valence-electron chi connectivity index (χ0n) is 8.31. The Morgan fingerprint density at radius 1 is 1.50 bits per heavy atom. The second-order valence-electron chi connectivity index (χ2n) is 3.15. The monoisotopic (exact) mass is 299 g/mol. The maximum absolute atomic E-state index is 5.18. The summed E-state index contributed by atoms with van der Waals surface area (Å²) in [7, 11) is 0. The second-order valence-corrected chi connectivity index (χ2v) is 4.31. The van der Waals surface area contributed by atoms with Crippen LogP contribution in [0.4, 0.5) is 5.69 Å². The van der Waals surface area contributed by atoms with Gasteiger partial charge in [0, 0.05) is 22.2 Å². The zero-order chi connectivity index (χ0) is 10.4. The summed E-state index contributed by atoms with van der Waals surface area (Å²) in [6.45, 7) is 3.08. The topological polar surface area (TPSA) is 12.0 Å². The molecular formula is C12H14IN. The van der Waals surface area contributed by atoms with Crippen LogP contribution in [0, 0.1) is 22.8 Å². The molecule has 0 heterocycles. The van der Waals surface area contributed by atoms with Gasteiger partial charge in [-0.25, -0.2) is 0 Å². The molecule has 0 radical (unpaired) electrons. The van der Waals surface area contributed by atoms with E-state index in [9.17, 15) is 0 Å². The molecule has 1 rings (SSSR count). The summed E-state index contributed by atoms with van der Waals surface area (Å²) < 4.78 is 1.30. The normalized spacial score (nSPS) is 9.50. The molecule has 0 bridgehead atoms. The van der Waals surface area contributed by atoms with Crippen molar-refractivity contribution >= 4 is 28.3 Å². The first-order valence-electron chi connectivity index (χ1n) is 4.68. The third-order valence-corrected chi connectivity index (χ3v) is 3.25. The molecule has 1 N–H and O–H groups in total. The minimum absolute atomic E-state index is 0.843. The fourth-order valence-electron chi connectivity index (χ4n) is 1.21. The second kappa shape index (κ2) is 5.92. The van der Waals surface area contributed by atoms with Gasteiger partial charge < -0.3 is 5.32 Å². The molecule has 0 unspecified atom stereocenters. The van der Waals surface area contributed by atoms with Gasteiger partial charge in [-0.3, -0.25) is 0 Å². The molecule has 1 nitrogen and oxygen atoms in total. The van der Waals surface area contributed by atoms with Gasteiger partial charge in [0.2, 0.25) is 0 Å². The number of nitrogens with one attached hydrogen (secondary N) is 1. The molecular weight excluding hydrogens is 285 g/mol. The van der Waals surface area contributed by atoms with Crippen molar-refractivity contribution in [1.82, 2.24) is 0 Å².